The Morgan fingerprint density at radius 3 is 2.43 bits per heavy atom. The van der Waals surface area contributed by atoms with E-state index in [2.05, 4.69) is 16.0 Å². The highest BCUT2D eigenvalue weighted by molar-refractivity contribution is 6.13. The van der Waals surface area contributed by atoms with E-state index in [0.29, 0.717) is 23.3 Å². The van der Waals surface area contributed by atoms with Crippen LogP contribution in [0.15, 0.2) is 18.2 Å². The molecule has 0 radical (unpaired) electrons. The van der Waals surface area contributed by atoms with Crippen LogP contribution >= 0.6 is 0 Å². The minimum absolute atomic E-state index is 0.123. The summed E-state index contributed by atoms with van der Waals surface area (Å²) in [5.74, 6) is 0.120. The van der Waals surface area contributed by atoms with Crippen molar-refractivity contribution in [3.05, 3.63) is 23.8 Å². The molecule has 1 saturated carbocycles. The van der Waals surface area contributed by atoms with E-state index in [0.717, 1.165) is 0 Å². The van der Waals surface area contributed by atoms with Gasteiger partial charge in [0.2, 0.25) is 11.8 Å². The average Bonchev–Trinajstić information content (AvgIpc) is 2.91. The lowest BCUT2D eigenvalue weighted by Gasteiger charge is -2.24. The molecule has 2 aliphatic rings. The molecule has 1 aliphatic carbocycles. The van der Waals surface area contributed by atoms with Gasteiger partial charge in [-0.3, -0.25) is 9.59 Å². The van der Waals surface area contributed by atoms with E-state index < -0.39 is 0 Å². The lowest BCUT2D eigenvalue weighted by molar-refractivity contribution is -0.123. The molecule has 1 atom stereocenters. The quantitative estimate of drug-likeness (QED) is 0.748. The molecule has 0 aromatic heterocycles. The van der Waals surface area contributed by atoms with E-state index in [1.165, 1.54) is 31.2 Å². The first-order chi connectivity index (χ1) is 10.2. The predicted octanol–water partition coefficient (Wildman–Crippen LogP) is 2.42. The van der Waals surface area contributed by atoms with Gasteiger partial charge in [-0.1, -0.05) is 18.9 Å². The van der Waals surface area contributed by atoms with Crippen molar-refractivity contribution in [2.24, 2.45) is 5.92 Å². The molecule has 1 aromatic rings. The third-order valence-corrected chi connectivity index (χ3v) is 4.45. The minimum atomic E-state index is -0.264. The summed E-state index contributed by atoms with van der Waals surface area (Å²) in [6.45, 7) is 0. The maximum atomic E-state index is 11.7. The van der Waals surface area contributed by atoms with Crippen LogP contribution in [-0.4, -0.2) is 18.9 Å². The number of anilines is 2. The van der Waals surface area contributed by atoms with Crippen LogP contribution in [0.2, 0.25) is 0 Å². The Hall–Kier alpha value is -1.88. The van der Waals surface area contributed by atoms with E-state index in [-0.39, 0.29) is 18.2 Å². The SMILES string of the molecule is CNC(c1ccc2c(c1)NC(=O)CC(=O)N2)C1CCCC1. The summed E-state index contributed by atoms with van der Waals surface area (Å²) in [6.07, 6.45) is 4.95. The van der Waals surface area contributed by atoms with Gasteiger partial charge in [-0.25, -0.2) is 0 Å². The largest absolute Gasteiger partial charge is 0.324 e. The molecule has 0 spiro atoms. The highest BCUT2D eigenvalue weighted by atomic mass is 16.2. The van der Waals surface area contributed by atoms with Gasteiger partial charge in [0.1, 0.15) is 6.42 Å². The van der Waals surface area contributed by atoms with Crippen molar-refractivity contribution in [3.8, 4) is 0 Å². The Bertz CT molecular complexity index is 565. The van der Waals surface area contributed by atoms with Gasteiger partial charge in [-0.2, -0.15) is 0 Å². The van der Waals surface area contributed by atoms with Crippen molar-refractivity contribution in [1.82, 2.24) is 5.32 Å². The summed E-state index contributed by atoms with van der Waals surface area (Å²) in [7, 11) is 1.98. The zero-order valence-corrected chi connectivity index (χ0v) is 12.2. The molecule has 1 aliphatic heterocycles. The first-order valence-corrected chi connectivity index (χ1v) is 7.58. The first-order valence-electron chi connectivity index (χ1n) is 7.58. The molecule has 112 valence electrons. The average molecular weight is 287 g/mol. The Labute approximate surface area is 124 Å². The fourth-order valence-electron chi connectivity index (χ4n) is 3.47. The van der Waals surface area contributed by atoms with Crippen LogP contribution in [0.25, 0.3) is 0 Å². The van der Waals surface area contributed by atoms with Crippen LogP contribution in [0.3, 0.4) is 0 Å². The maximum Gasteiger partial charge on any atom is 0.233 e. The zero-order valence-electron chi connectivity index (χ0n) is 12.2. The van der Waals surface area contributed by atoms with Crippen LogP contribution < -0.4 is 16.0 Å². The molecule has 2 amide bonds. The summed E-state index contributed by atoms with van der Waals surface area (Å²) in [5.41, 5.74) is 2.54. The molecule has 21 heavy (non-hydrogen) atoms. The van der Waals surface area contributed by atoms with E-state index in [9.17, 15) is 9.59 Å². The highest BCUT2D eigenvalue weighted by Gasteiger charge is 2.26. The van der Waals surface area contributed by atoms with Crippen LogP contribution in [-0.2, 0) is 9.59 Å². The van der Waals surface area contributed by atoms with Crippen molar-refractivity contribution in [1.29, 1.82) is 0 Å². The molecular formula is C16H21N3O2. The second kappa shape index (κ2) is 5.85. The summed E-state index contributed by atoms with van der Waals surface area (Å²) in [6, 6.07) is 6.20. The van der Waals surface area contributed by atoms with Gasteiger partial charge in [-0.15, -0.1) is 0 Å². The summed E-state index contributed by atoms with van der Waals surface area (Å²) in [5, 5.41) is 8.98. The van der Waals surface area contributed by atoms with Crippen LogP contribution in [0, 0.1) is 5.92 Å². The van der Waals surface area contributed by atoms with Crippen molar-refractivity contribution >= 4 is 23.2 Å². The summed E-state index contributed by atoms with van der Waals surface area (Å²) in [4.78, 5) is 23.2. The number of hydrogen-bond acceptors (Lipinski definition) is 3. The standard InChI is InChI=1S/C16H21N3O2/c1-17-16(10-4-2-3-5-10)11-6-7-12-13(8-11)19-15(21)9-14(20)18-12/h6-8,10,16-17H,2-5,9H2,1H3,(H,18,20)(H,19,21). The molecule has 1 aromatic carbocycles. The number of hydrogen-bond donors (Lipinski definition) is 3. The van der Waals surface area contributed by atoms with Gasteiger partial charge in [0.25, 0.3) is 0 Å². The third kappa shape index (κ3) is 2.93. The van der Waals surface area contributed by atoms with E-state index in [4.69, 9.17) is 0 Å². The Balaban J connectivity index is 1.90. The van der Waals surface area contributed by atoms with Crippen molar-refractivity contribution in [2.45, 2.75) is 38.1 Å². The van der Waals surface area contributed by atoms with Crippen LogP contribution in [0.1, 0.15) is 43.7 Å². The highest BCUT2D eigenvalue weighted by Crippen LogP contribution is 2.37. The molecule has 3 rings (SSSR count). The number of carbonyl (C=O) groups is 2. The number of carbonyl (C=O) groups excluding carboxylic acids is 2. The molecule has 1 heterocycles. The zero-order chi connectivity index (χ0) is 14.8. The van der Waals surface area contributed by atoms with Gasteiger partial charge in [0, 0.05) is 6.04 Å². The monoisotopic (exact) mass is 287 g/mol. The molecule has 5 nitrogen and oxygen atoms in total. The fraction of sp³-hybridized carbons (Fsp3) is 0.500. The molecular weight excluding hydrogens is 266 g/mol. The molecule has 5 heteroatoms. The smallest absolute Gasteiger partial charge is 0.233 e. The number of fused-ring (bicyclic) bond motifs is 1. The normalized spacial score (nSPS) is 20.4. The molecule has 1 fully saturated rings. The number of benzene rings is 1. The van der Waals surface area contributed by atoms with Gasteiger partial charge in [-0.05, 0) is 43.5 Å². The number of rotatable bonds is 3. The summed E-state index contributed by atoms with van der Waals surface area (Å²) >= 11 is 0. The molecule has 3 N–H and O–H groups in total. The number of nitrogens with one attached hydrogen (secondary N) is 3. The topological polar surface area (TPSA) is 70.2 Å². The second-order valence-electron chi connectivity index (χ2n) is 5.89. The first kappa shape index (κ1) is 14.1. The van der Waals surface area contributed by atoms with Crippen molar-refractivity contribution in [3.63, 3.8) is 0 Å². The maximum absolute atomic E-state index is 11.7. The van der Waals surface area contributed by atoms with E-state index in [1.54, 1.807) is 0 Å². The second-order valence-corrected chi connectivity index (χ2v) is 5.89. The Morgan fingerprint density at radius 1 is 1.10 bits per heavy atom. The van der Waals surface area contributed by atoms with E-state index >= 15 is 0 Å². The molecule has 0 bridgehead atoms. The summed E-state index contributed by atoms with van der Waals surface area (Å²) < 4.78 is 0. The minimum Gasteiger partial charge on any atom is -0.324 e. The predicted molar refractivity (Wildman–Crippen MR) is 82.1 cm³/mol. The van der Waals surface area contributed by atoms with Crippen molar-refractivity contribution < 1.29 is 9.59 Å². The Morgan fingerprint density at radius 2 is 1.76 bits per heavy atom. The van der Waals surface area contributed by atoms with Gasteiger partial charge < -0.3 is 16.0 Å². The molecule has 1 unspecified atom stereocenters. The van der Waals surface area contributed by atoms with Gasteiger partial charge >= 0.3 is 0 Å². The lowest BCUT2D eigenvalue weighted by Crippen LogP contribution is -2.23. The van der Waals surface area contributed by atoms with Gasteiger partial charge in [0.05, 0.1) is 11.4 Å². The fourth-order valence-corrected chi connectivity index (χ4v) is 3.47. The molecule has 0 saturated heterocycles. The third-order valence-electron chi connectivity index (χ3n) is 4.45. The van der Waals surface area contributed by atoms with Crippen LogP contribution in [0.5, 0.6) is 0 Å². The van der Waals surface area contributed by atoms with Crippen molar-refractivity contribution in [2.75, 3.05) is 17.7 Å². The van der Waals surface area contributed by atoms with Crippen LogP contribution in [0.4, 0.5) is 11.4 Å². The van der Waals surface area contributed by atoms with E-state index in [1.807, 2.05) is 25.2 Å². The van der Waals surface area contributed by atoms with Gasteiger partial charge in [0.15, 0.2) is 0 Å². The lowest BCUT2D eigenvalue weighted by atomic mass is 9.91. The number of amides is 2. The Kier molecular flexibility index (Phi) is 3.92.